The van der Waals surface area contributed by atoms with Gasteiger partial charge in [-0.15, -0.1) is 0 Å². The Labute approximate surface area is 551 Å². The Balaban J connectivity index is 0.728. The summed E-state index contributed by atoms with van der Waals surface area (Å²) in [6, 6.07) is -1.51. The maximum absolute atomic E-state index is 13.3. The molecule has 52 heteroatoms. The Morgan fingerprint density at radius 2 is 1.03 bits per heavy atom. The number of piperidine rings is 3. The minimum absolute atomic E-state index is 0.00768. The second-order valence-electron chi connectivity index (χ2n) is 22.7. The Morgan fingerprint density at radius 3 is 1.51 bits per heavy atom. The van der Waals surface area contributed by atoms with Crippen molar-refractivity contribution in [1.82, 2.24) is 50.4 Å². The minimum Gasteiger partial charge on any atom is -0.390 e. The molecule has 7 unspecified atom stereocenters. The molecule has 7 heterocycles. The van der Waals surface area contributed by atoms with Gasteiger partial charge >= 0.3 is 71.1 Å². The van der Waals surface area contributed by atoms with Gasteiger partial charge in [0.25, 0.3) is 5.56 Å². The molecule has 3 aromatic heterocycles. The van der Waals surface area contributed by atoms with Crippen LogP contribution >= 0.6 is 46.9 Å². The molecule has 0 bridgehead atoms. The van der Waals surface area contributed by atoms with E-state index >= 15 is 0 Å². The number of aliphatic hydroxyl groups is 1. The molecule has 40 nitrogen and oxygen atoms in total. The summed E-state index contributed by atoms with van der Waals surface area (Å²) in [7, 11) is -37.3. The number of nitrogens with one attached hydrogen (secondary N) is 4. The number of hydrogen-bond acceptors (Lipinski definition) is 29. The van der Waals surface area contributed by atoms with Crippen LogP contribution in [0.2, 0.25) is 0 Å². The van der Waals surface area contributed by atoms with Crippen LogP contribution in [0.5, 0.6) is 0 Å². The molecule has 0 saturated carbocycles. The number of aromatic nitrogens is 7. The molecule has 0 aliphatic carbocycles. The summed E-state index contributed by atoms with van der Waals surface area (Å²) in [5, 5.41) is 17.2. The Morgan fingerprint density at radius 1 is 0.602 bits per heavy atom. The van der Waals surface area contributed by atoms with E-state index < -0.39 is 120 Å². The van der Waals surface area contributed by atoms with Crippen LogP contribution in [-0.2, 0) is 81.9 Å². The third-order valence-electron chi connectivity index (χ3n) is 15.2. The summed E-state index contributed by atoms with van der Waals surface area (Å²) < 4.78 is 186. The lowest BCUT2D eigenvalue weighted by molar-refractivity contribution is -0.174. The number of alkyl halides is 6. The van der Waals surface area contributed by atoms with Crippen LogP contribution in [0.25, 0.3) is 11.2 Å². The summed E-state index contributed by atoms with van der Waals surface area (Å²) in [5.41, 5.74) is 4.60. The molecular weight excluding hydrogens is 1460 g/mol. The highest BCUT2D eigenvalue weighted by molar-refractivity contribution is 7.72. The summed E-state index contributed by atoms with van der Waals surface area (Å²) in [5.74, 6) is -4.17. The number of hydrogen-bond donors (Lipinski definition) is 12. The first-order valence-corrected chi connectivity index (χ1v) is 39.0. The number of fused-ring (bicyclic) bond motifs is 1. The van der Waals surface area contributed by atoms with Crippen molar-refractivity contribution in [2.24, 2.45) is 5.92 Å². The third kappa shape index (κ3) is 25.2. The molecule has 554 valence electrons. The first-order chi connectivity index (χ1) is 45.6. The highest BCUT2D eigenvalue weighted by Gasteiger charge is 2.51. The van der Waals surface area contributed by atoms with Crippen molar-refractivity contribution >= 4 is 105 Å². The number of H-pyrrole nitrogens is 1. The SMILES string of the molecule is Nc1nc2c(ncn2[C@H]2CC(O)[C@@H](COP(=O)(O)OP(=O)(O)OP(=O)(O)OP(=O)(O)OP(=O)(O)OP(=O)(O)OCCCCCCNC(=O)CCCCCCC(=O)C3CCN(c4nc(N5CCC(NC(=O)C(F)(F)F)CC5)nc(N5CCC(NC(=O)C(F)(F)F)CC5)n4)CC3)O2)c(=O)[nH]1. The van der Waals surface area contributed by atoms with Crippen molar-refractivity contribution in [3.63, 3.8) is 0 Å². The average Bonchev–Trinajstić information content (AvgIpc) is 1.56. The number of carbonyl (C=O) groups excluding carboxylic acids is 4. The highest BCUT2D eigenvalue weighted by Crippen LogP contribution is 2.75. The fraction of sp³-hybridized carbons (Fsp3) is 0.739. The lowest BCUT2D eigenvalue weighted by atomic mass is 9.90. The predicted octanol–water partition coefficient (Wildman–Crippen LogP) is 4.05. The second-order valence-corrected chi connectivity index (χ2v) is 32.1. The monoisotopic (exact) mass is 1540 g/mol. The quantitative estimate of drug-likeness (QED) is 0.0224. The summed E-state index contributed by atoms with van der Waals surface area (Å²) in [4.78, 5) is 150. The van der Waals surface area contributed by atoms with Gasteiger partial charge in [-0.05, 0) is 64.2 Å². The van der Waals surface area contributed by atoms with E-state index in [-0.39, 0.29) is 130 Å². The van der Waals surface area contributed by atoms with Crippen LogP contribution in [0.4, 0.5) is 50.1 Å². The van der Waals surface area contributed by atoms with E-state index in [9.17, 15) is 112 Å². The molecule has 9 atom stereocenters. The van der Waals surface area contributed by atoms with Gasteiger partial charge in [0.15, 0.2) is 11.2 Å². The number of nitrogen functional groups attached to an aromatic ring is 1. The van der Waals surface area contributed by atoms with E-state index in [0.717, 1.165) is 6.33 Å². The van der Waals surface area contributed by atoms with Crippen LogP contribution < -0.4 is 41.9 Å². The Bertz CT molecular complexity index is 3590. The van der Waals surface area contributed by atoms with E-state index in [1.807, 2.05) is 15.5 Å². The number of ketones is 1. The number of unbranched alkanes of at least 4 members (excludes halogenated alkanes) is 6. The zero-order chi connectivity index (χ0) is 72.2. The number of ether oxygens (including phenoxy) is 1. The number of aliphatic hydroxyl groups excluding tert-OH is 1. The minimum atomic E-state index is -6.55. The topological polar surface area (TPSA) is 560 Å². The second kappa shape index (κ2) is 33.9. The molecule has 0 spiro atoms. The maximum atomic E-state index is 13.3. The van der Waals surface area contributed by atoms with Crippen LogP contribution in [0.1, 0.15) is 115 Å². The zero-order valence-electron chi connectivity index (χ0n) is 51.4. The lowest BCUT2D eigenvalue weighted by Crippen LogP contribution is -2.49. The smallest absolute Gasteiger partial charge is 0.390 e. The fourth-order valence-electron chi connectivity index (χ4n) is 10.5. The first-order valence-electron chi connectivity index (χ1n) is 30.0. The molecule has 0 radical (unpaired) electrons. The summed E-state index contributed by atoms with van der Waals surface area (Å²) in [6.07, 6.45) is -7.77. The van der Waals surface area contributed by atoms with E-state index in [4.69, 9.17) is 10.5 Å². The molecule has 0 aromatic carbocycles. The van der Waals surface area contributed by atoms with Crippen molar-refractivity contribution < 1.29 is 143 Å². The van der Waals surface area contributed by atoms with Crippen LogP contribution in [0, 0.1) is 5.92 Å². The van der Waals surface area contributed by atoms with Crippen molar-refractivity contribution in [3.8, 4) is 0 Å². The third-order valence-corrected chi connectivity index (χ3v) is 24.4. The van der Waals surface area contributed by atoms with Crippen molar-refractivity contribution in [1.29, 1.82) is 0 Å². The number of nitrogens with zero attached hydrogens (tertiary/aromatic N) is 9. The zero-order valence-corrected chi connectivity index (χ0v) is 56.7. The van der Waals surface area contributed by atoms with Gasteiger partial charge in [-0.25, -0.2) is 32.4 Å². The van der Waals surface area contributed by atoms with Gasteiger partial charge in [-0.1, -0.05) is 25.7 Å². The fourth-order valence-corrected chi connectivity index (χ4v) is 18.3. The van der Waals surface area contributed by atoms with Gasteiger partial charge in [0, 0.05) is 83.1 Å². The molecule has 4 aliphatic rings. The Kier molecular flexibility index (Phi) is 27.7. The average molecular weight is 1540 g/mol. The first kappa shape index (κ1) is 80.3. The van der Waals surface area contributed by atoms with E-state index in [0.29, 0.717) is 77.3 Å². The van der Waals surface area contributed by atoms with E-state index in [1.165, 1.54) is 4.57 Å². The molecule has 4 saturated heterocycles. The van der Waals surface area contributed by atoms with E-state index in [1.54, 1.807) is 9.80 Å². The van der Waals surface area contributed by atoms with Gasteiger partial charge in [-0.2, -0.15) is 67.8 Å². The standard InChI is InChI=1S/C46H72F6N14O26P6/c47-45(48,49)39(71)56-29-13-20-64(21-14-29)43-60-42(61-44(62-43)65-22-15-30(16-23-65)57-40(72)46(50,51)52)63-18-11-28(12-19-63)31(67)9-5-1-2-6-10-34(69)54-17-7-3-4-8-24-85-93(73,74)88-95(77,78)90-97(81,82)92-98(83,84)91-96(79,80)89-94(75,76)86-26-33-32(68)25-35(87-33)66-27-55-36-37(66)58-41(53)59-38(36)70/h27-30,32-33,35,68H,1-26H2,(H,54,69)(H,56,71)(H,57,72)(H,73,74)(H,75,76)(H,77,78)(H,79,80)(H,81,82)(H,83,84)(H3,53,58,59,70)/t32?,33-,35-/m1/s1. The van der Waals surface area contributed by atoms with Crippen molar-refractivity contribution in [3.05, 3.63) is 16.7 Å². The van der Waals surface area contributed by atoms with Crippen molar-refractivity contribution in [2.45, 2.75) is 152 Å². The highest BCUT2D eigenvalue weighted by atomic mass is 31.3. The number of imidazole rings is 1. The largest absolute Gasteiger partial charge is 0.490 e. The molecule has 13 N–H and O–H groups in total. The normalized spacial score (nSPS) is 22.5. The molecule has 98 heavy (non-hydrogen) atoms. The predicted molar refractivity (Wildman–Crippen MR) is 321 cm³/mol. The van der Waals surface area contributed by atoms with Crippen LogP contribution in [-0.4, -0.2) is 188 Å². The van der Waals surface area contributed by atoms with Gasteiger partial charge in [0.05, 0.1) is 25.6 Å². The van der Waals surface area contributed by atoms with Gasteiger partial charge in [0.2, 0.25) is 29.7 Å². The number of nitrogens with two attached hydrogens (primary N) is 1. The van der Waals surface area contributed by atoms with Crippen molar-refractivity contribution in [2.75, 3.05) is 79.5 Å². The number of anilines is 4. The molecule has 4 aliphatic heterocycles. The molecule has 3 amide bonds. The molecule has 7 rings (SSSR count). The number of amides is 3. The summed E-state index contributed by atoms with van der Waals surface area (Å²) >= 11 is 0. The number of rotatable bonds is 35. The number of Topliss-reactive ketones (excluding diaryl/α,β-unsaturated/α-hetero) is 1. The number of phosphoric acid groups is 6. The van der Waals surface area contributed by atoms with E-state index in [2.05, 4.69) is 65.8 Å². The number of aromatic amines is 1. The van der Waals surface area contributed by atoms with Crippen LogP contribution in [0.3, 0.4) is 0 Å². The van der Waals surface area contributed by atoms with Gasteiger partial charge < -0.3 is 75.6 Å². The van der Waals surface area contributed by atoms with Gasteiger partial charge in [-0.3, -0.25) is 42.6 Å². The number of halogens is 6. The lowest BCUT2D eigenvalue weighted by Gasteiger charge is -2.36. The Hall–Kier alpha value is -5.00. The summed E-state index contributed by atoms with van der Waals surface area (Å²) in [6.45, 7) is 0.00971. The number of phosphoric ester groups is 2. The van der Waals surface area contributed by atoms with Crippen LogP contribution in [0.15, 0.2) is 11.1 Å². The molecule has 4 fully saturated rings. The molecule has 3 aromatic rings. The maximum Gasteiger partial charge on any atom is 0.490 e. The molecular formula is C46H72F6N14O26P6. The van der Waals surface area contributed by atoms with Gasteiger partial charge in [0.1, 0.15) is 18.1 Å². The number of carbonyl (C=O) groups is 4.